The summed E-state index contributed by atoms with van der Waals surface area (Å²) in [7, 11) is 0. The van der Waals surface area contributed by atoms with E-state index in [-0.39, 0.29) is 0 Å². The number of nitrogen functional groups attached to an aromatic ring is 1. The van der Waals surface area contributed by atoms with Gasteiger partial charge in [-0.15, -0.1) is 0 Å². The van der Waals surface area contributed by atoms with E-state index in [4.69, 9.17) is 11.5 Å². The van der Waals surface area contributed by atoms with Gasteiger partial charge in [0.1, 0.15) is 12.1 Å². The molecule has 0 aliphatic heterocycles. The van der Waals surface area contributed by atoms with Crippen molar-refractivity contribution in [2.24, 2.45) is 5.73 Å². The smallest absolute Gasteiger partial charge is 0.186 e. The van der Waals surface area contributed by atoms with Gasteiger partial charge in [-0.3, -0.25) is 5.10 Å². The van der Waals surface area contributed by atoms with Crippen LogP contribution in [0.5, 0.6) is 0 Å². The number of hydrogen-bond donors (Lipinski definition) is 3. The van der Waals surface area contributed by atoms with Crippen molar-refractivity contribution in [3.8, 4) is 11.3 Å². The maximum atomic E-state index is 5.89. The summed E-state index contributed by atoms with van der Waals surface area (Å²) >= 11 is 0. The zero-order valence-corrected chi connectivity index (χ0v) is 10.3. The van der Waals surface area contributed by atoms with Crippen LogP contribution in [0.2, 0.25) is 0 Å². The molecule has 0 radical (unpaired) electrons. The van der Waals surface area contributed by atoms with Crippen LogP contribution in [0.1, 0.15) is 5.56 Å². The molecule has 96 valence electrons. The fourth-order valence-corrected chi connectivity index (χ4v) is 2.09. The van der Waals surface area contributed by atoms with Gasteiger partial charge in [-0.05, 0) is 18.5 Å². The topological polar surface area (TPSA) is 106 Å². The lowest BCUT2D eigenvalue weighted by atomic mass is 10.1. The van der Waals surface area contributed by atoms with Gasteiger partial charge in [-0.1, -0.05) is 24.3 Å². The lowest BCUT2D eigenvalue weighted by molar-refractivity contribution is 0.969. The van der Waals surface area contributed by atoms with Crippen molar-refractivity contribution in [1.82, 2.24) is 20.2 Å². The van der Waals surface area contributed by atoms with Gasteiger partial charge in [0.2, 0.25) is 0 Å². The van der Waals surface area contributed by atoms with E-state index in [1.165, 1.54) is 11.9 Å². The van der Waals surface area contributed by atoms with Crippen LogP contribution in [-0.4, -0.2) is 26.7 Å². The second-order valence-electron chi connectivity index (χ2n) is 4.29. The molecule has 3 aromatic rings. The molecule has 0 aliphatic rings. The van der Waals surface area contributed by atoms with E-state index in [2.05, 4.69) is 32.3 Å². The molecule has 0 saturated heterocycles. The molecule has 0 unspecified atom stereocenters. The molecule has 0 fully saturated rings. The molecule has 0 spiro atoms. The number of aromatic nitrogens is 4. The Bertz CT molecular complexity index is 701. The maximum Gasteiger partial charge on any atom is 0.186 e. The van der Waals surface area contributed by atoms with Crippen molar-refractivity contribution in [2.45, 2.75) is 6.42 Å². The number of H-pyrrole nitrogens is 1. The summed E-state index contributed by atoms with van der Waals surface area (Å²) in [5.41, 5.74) is 15.1. The monoisotopic (exact) mass is 254 g/mol. The third-order valence-corrected chi connectivity index (χ3v) is 3.06. The van der Waals surface area contributed by atoms with Gasteiger partial charge in [-0.25, -0.2) is 9.97 Å². The summed E-state index contributed by atoms with van der Waals surface area (Å²) in [6.45, 7) is 0.646. The zero-order chi connectivity index (χ0) is 13.2. The maximum absolute atomic E-state index is 5.89. The van der Waals surface area contributed by atoms with Crippen molar-refractivity contribution in [1.29, 1.82) is 0 Å². The quantitative estimate of drug-likeness (QED) is 0.649. The predicted molar refractivity (Wildman–Crippen MR) is 74.3 cm³/mol. The molecule has 0 atom stereocenters. The number of fused-ring (bicyclic) bond motifs is 1. The minimum atomic E-state index is 0.430. The first-order valence-electron chi connectivity index (χ1n) is 6.03. The molecule has 2 heterocycles. The van der Waals surface area contributed by atoms with Gasteiger partial charge in [0.05, 0.1) is 11.1 Å². The summed E-state index contributed by atoms with van der Waals surface area (Å²) in [6.07, 6.45) is 2.28. The van der Waals surface area contributed by atoms with Gasteiger partial charge < -0.3 is 11.5 Å². The fourth-order valence-electron chi connectivity index (χ4n) is 2.09. The number of benzene rings is 1. The molecule has 0 saturated carbocycles. The Hall–Kier alpha value is -2.47. The molecule has 5 N–H and O–H groups in total. The molecule has 1 aromatic carbocycles. The summed E-state index contributed by atoms with van der Waals surface area (Å²) < 4.78 is 0. The number of rotatable bonds is 3. The molecule has 0 aliphatic carbocycles. The SMILES string of the molecule is NCCc1ccc(-c2[nH]nc3ncnc(N)c23)cc1. The second kappa shape index (κ2) is 4.66. The number of aromatic amines is 1. The van der Waals surface area contributed by atoms with Crippen LogP contribution in [-0.2, 0) is 6.42 Å². The highest BCUT2D eigenvalue weighted by atomic mass is 15.2. The van der Waals surface area contributed by atoms with E-state index in [1.807, 2.05) is 12.1 Å². The van der Waals surface area contributed by atoms with Gasteiger partial charge in [0.25, 0.3) is 0 Å². The van der Waals surface area contributed by atoms with Gasteiger partial charge in [0, 0.05) is 5.56 Å². The first-order chi connectivity index (χ1) is 9.29. The Morgan fingerprint density at radius 1 is 1.11 bits per heavy atom. The molecule has 19 heavy (non-hydrogen) atoms. The lowest BCUT2D eigenvalue weighted by Gasteiger charge is -2.02. The van der Waals surface area contributed by atoms with Gasteiger partial charge in [-0.2, -0.15) is 5.10 Å². The minimum Gasteiger partial charge on any atom is -0.383 e. The van der Waals surface area contributed by atoms with Crippen LogP contribution >= 0.6 is 0 Å². The summed E-state index contributed by atoms with van der Waals surface area (Å²) in [5, 5.41) is 7.86. The van der Waals surface area contributed by atoms with Crippen LogP contribution in [0.4, 0.5) is 5.82 Å². The van der Waals surface area contributed by atoms with E-state index in [0.717, 1.165) is 23.1 Å². The molecule has 3 rings (SSSR count). The average Bonchev–Trinajstić information content (AvgIpc) is 2.85. The van der Waals surface area contributed by atoms with Crippen LogP contribution in [0.3, 0.4) is 0 Å². The first-order valence-corrected chi connectivity index (χ1v) is 6.03. The third-order valence-electron chi connectivity index (χ3n) is 3.06. The van der Waals surface area contributed by atoms with E-state index < -0.39 is 0 Å². The number of nitrogens with zero attached hydrogens (tertiary/aromatic N) is 3. The normalized spacial score (nSPS) is 11.0. The highest BCUT2D eigenvalue weighted by Gasteiger charge is 2.11. The van der Waals surface area contributed by atoms with Crippen molar-refractivity contribution in [3.05, 3.63) is 36.2 Å². The number of hydrogen-bond acceptors (Lipinski definition) is 5. The second-order valence-corrected chi connectivity index (χ2v) is 4.29. The molecular formula is C13H14N6. The van der Waals surface area contributed by atoms with E-state index in [0.29, 0.717) is 18.0 Å². The van der Waals surface area contributed by atoms with Crippen LogP contribution in [0.25, 0.3) is 22.3 Å². The standard InChI is InChI=1S/C13H14N6/c14-6-5-8-1-3-9(4-2-8)11-10-12(15)16-7-17-13(10)19-18-11/h1-4,7H,5-6,14H2,(H3,15,16,17,18,19). The molecule has 0 amide bonds. The first kappa shape index (κ1) is 11.6. The van der Waals surface area contributed by atoms with E-state index in [1.54, 1.807) is 0 Å². The highest BCUT2D eigenvalue weighted by Crippen LogP contribution is 2.28. The Labute approximate surface area is 109 Å². The van der Waals surface area contributed by atoms with E-state index in [9.17, 15) is 0 Å². The van der Waals surface area contributed by atoms with Crippen LogP contribution in [0.15, 0.2) is 30.6 Å². The third kappa shape index (κ3) is 2.02. The number of nitrogens with two attached hydrogens (primary N) is 2. The molecule has 6 nitrogen and oxygen atoms in total. The average molecular weight is 254 g/mol. The Balaban J connectivity index is 2.09. The van der Waals surface area contributed by atoms with Gasteiger partial charge in [0.15, 0.2) is 5.65 Å². The van der Waals surface area contributed by atoms with Crippen molar-refractivity contribution in [3.63, 3.8) is 0 Å². The minimum absolute atomic E-state index is 0.430. The largest absolute Gasteiger partial charge is 0.383 e. The van der Waals surface area contributed by atoms with Crippen molar-refractivity contribution >= 4 is 16.9 Å². The predicted octanol–water partition coefficient (Wildman–Crippen LogP) is 1.10. The molecule has 0 bridgehead atoms. The van der Waals surface area contributed by atoms with Crippen molar-refractivity contribution in [2.75, 3.05) is 12.3 Å². The number of anilines is 1. The molecular weight excluding hydrogens is 240 g/mol. The fraction of sp³-hybridized carbons (Fsp3) is 0.154. The highest BCUT2D eigenvalue weighted by molar-refractivity contribution is 5.97. The number of nitrogens with one attached hydrogen (secondary N) is 1. The Morgan fingerprint density at radius 3 is 2.63 bits per heavy atom. The van der Waals surface area contributed by atoms with Crippen LogP contribution < -0.4 is 11.5 Å². The van der Waals surface area contributed by atoms with Crippen molar-refractivity contribution < 1.29 is 0 Å². The Kier molecular flexibility index (Phi) is 2.85. The van der Waals surface area contributed by atoms with Crippen LogP contribution in [0, 0.1) is 0 Å². The zero-order valence-electron chi connectivity index (χ0n) is 10.3. The lowest BCUT2D eigenvalue weighted by Crippen LogP contribution is -2.02. The summed E-state index contributed by atoms with van der Waals surface area (Å²) in [5.74, 6) is 0.430. The molecule has 2 aromatic heterocycles. The molecule has 6 heteroatoms. The summed E-state index contributed by atoms with van der Waals surface area (Å²) in [6, 6.07) is 8.14. The Morgan fingerprint density at radius 2 is 1.89 bits per heavy atom. The van der Waals surface area contributed by atoms with Gasteiger partial charge >= 0.3 is 0 Å². The summed E-state index contributed by atoms with van der Waals surface area (Å²) in [4.78, 5) is 8.09. The van der Waals surface area contributed by atoms with E-state index >= 15 is 0 Å².